The van der Waals surface area contributed by atoms with E-state index in [1.807, 2.05) is 0 Å². The first-order valence-electron chi connectivity index (χ1n) is 11.3. The molecule has 136 valence electrons. The Morgan fingerprint density at radius 1 is 1.42 bits per heavy atom. The molecule has 1 fully saturated rings. The number of benzene rings is 1. The van der Waals surface area contributed by atoms with Crippen LogP contribution in [0, 0.1) is 5.82 Å². The van der Waals surface area contributed by atoms with Gasteiger partial charge < -0.3 is 5.31 Å². The highest BCUT2D eigenvalue weighted by Crippen LogP contribution is 2.32. The van der Waals surface area contributed by atoms with Gasteiger partial charge in [0.15, 0.2) is 1.41 Å². The maximum absolute atomic E-state index is 13.7. The highest BCUT2D eigenvalue weighted by atomic mass is 35.5. The lowest BCUT2D eigenvalue weighted by molar-refractivity contribution is 0.211. The average Bonchev–Trinajstić information content (AvgIpc) is 3.04. The van der Waals surface area contributed by atoms with Crippen LogP contribution in [-0.2, 0) is 6.52 Å². The van der Waals surface area contributed by atoms with Gasteiger partial charge in [-0.05, 0) is 36.6 Å². The number of hydrogen-bond acceptors (Lipinski definition) is 5. The van der Waals surface area contributed by atoms with Crippen molar-refractivity contribution in [2.45, 2.75) is 25.4 Å². The molecule has 0 saturated carbocycles. The van der Waals surface area contributed by atoms with Crippen LogP contribution in [0.5, 0.6) is 0 Å². The summed E-state index contributed by atoms with van der Waals surface area (Å²) in [6.07, 6.45) is -0.143. The fourth-order valence-electron chi connectivity index (χ4n) is 2.64. The van der Waals surface area contributed by atoms with E-state index in [0.717, 1.165) is 22.7 Å². The molecule has 1 unspecified atom stereocenters. The first-order valence-corrected chi connectivity index (χ1v) is 9.35. The molecule has 3 aromatic rings. The van der Waals surface area contributed by atoms with Crippen molar-refractivity contribution in [1.82, 2.24) is 14.9 Å². The molecule has 1 aliphatic heterocycles. The Balaban J connectivity index is 1.59. The van der Waals surface area contributed by atoms with Crippen LogP contribution in [0.25, 0.3) is 10.2 Å². The summed E-state index contributed by atoms with van der Waals surface area (Å²) in [5, 5.41) is 0.636. The van der Waals surface area contributed by atoms with Crippen LogP contribution in [0.1, 0.15) is 26.6 Å². The predicted molar refractivity (Wildman–Crippen MR) is 106 cm³/mol. The van der Waals surface area contributed by atoms with E-state index in [0.29, 0.717) is 4.83 Å². The molecule has 0 aliphatic carbocycles. The van der Waals surface area contributed by atoms with Gasteiger partial charge in [-0.25, -0.2) is 14.4 Å². The number of thiophene rings is 1. The maximum atomic E-state index is 13.7. The third kappa shape index (κ3) is 3.93. The fraction of sp³-hybridized carbons (Fsp3) is 0.333. The first-order chi connectivity index (χ1) is 15.4. The first kappa shape index (κ1) is 11.4. The molecule has 1 aliphatic rings. The normalized spacial score (nSPS) is 22.5. The van der Waals surface area contributed by atoms with Crippen LogP contribution in [-0.4, -0.2) is 34.0 Å². The zero-order valence-corrected chi connectivity index (χ0v) is 15.6. The fourth-order valence-corrected chi connectivity index (χ4v) is 3.77. The Morgan fingerprint density at radius 2 is 2.23 bits per heavy atom. The number of hydrogen-bond donors (Lipinski definition) is 1. The number of halogens is 3. The van der Waals surface area contributed by atoms with Crippen molar-refractivity contribution in [1.29, 1.82) is 0 Å². The Morgan fingerprint density at radius 3 is 3.04 bits per heavy atom. The molecule has 0 amide bonds. The van der Waals surface area contributed by atoms with Crippen LogP contribution in [0.3, 0.4) is 0 Å². The van der Waals surface area contributed by atoms with E-state index >= 15 is 0 Å². The van der Waals surface area contributed by atoms with Gasteiger partial charge in [-0.3, -0.25) is 4.90 Å². The van der Waals surface area contributed by atoms with Crippen molar-refractivity contribution < 1.29 is 14.0 Å². The predicted octanol–water partition coefficient (Wildman–Crippen LogP) is 5.21. The molecule has 8 heteroatoms. The maximum Gasteiger partial charge on any atom is 0.162 e. The average molecular weight is 418 g/mol. The molecule has 1 saturated heterocycles. The number of rotatable bonds is 4. The van der Waals surface area contributed by atoms with Crippen LogP contribution in [0.2, 0.25) is 10.8 Å². The van der Waals surface area contributed by atoms with Crippen molar-refractivity contribution in [2.24, 2.45) is 0 Å². The monoisotopic (exact) mass is 417 g/mol. The highest BCUT2D eigenvalue weighted by molar-refractivity contribution is 7.22. The zero-order chi connectivity index (χ0) is 24.2. The van der Waals surface area contributed by atoms with Gasteiger partial charge in [-0.15, -0.1) is 11.3 Å². The van der Waals surface area contributed by atoms with Gasteiger partial charge in [0.1, 0.15) is 24.1 Å². The summed E-state index contributed by atoms with van der Waals surface area (Å²) in [6, 6.07) is -1.36. The minimum absolute atomic E-state index is 0.0234. The third-order valence-corrected chi connectivity index (χ3v) is 5.28. The van der Waals surface area contributed by atoms with Crippen molar-refractivity contribution in [3.8, 4) is 0 Å². The van der Waals surface area contributed by atoms with Gasteiger partial charge >= 0.3 is 0 Å². The van der Waals surface area contributed by atoms with Gasteiger partial charge in [0.2, 0.25) is 0 Å². The molecule has 1 aromatic carbocycles. The molecule has 1 N–H and O–H groups in total. The second kappa shape index (κ2) is 7.64. The Kier molecular flexibility index (Phi) is 3.35. The molecule has 0 spiro atoms. The zero-order valence-electron chi connectivity index (χ0n) is 20.3. The number of anilines is 1. The summed E-state index contributed by atoms with van der Waals surface area (Å²) in [5.41, 5.74) is -0.0234. The smallest absolute Gasteiger partial charge is 0.162 e. The summed E-state index contributed by atoms with van der Waals surface area (Å²) in [4.78, 5) is 9.87. The minimum Gasteiger partial charge on any atom is -0.367 e. The molecule has 0 bridgehead atoms. The second-order valence-corrected chi connectivity index (χ2v) is 7.64. The lowest BCUT2D eigenvalue weighted by atomic mass is 10.0. The van der Waals surface area contributed by atoms with E-state index in [-0.39, 0.29) is 65.4 Å². The van der Waals surface area contributed by atoms with Crippen LogP contribution in [0.4, 0.5) is 10.2 Å². The van der Waals surface area contributed by atoms with Gasteiger partial charge in [0.25, 0.3) is 0 Å². The molecule has 4 nitrogen and oxygen atoms in total. The molecule has 26 heavy (non-hydrogen) atoms. The summed E-state index contributed by atoms with van der Waals surface area (Å²) >= 11 is 12.9. The summed E-state index contributed by atoms with van der Waals surface area (Å²) in [6.45, 7) is -0.796. The van der Waals surface area contributed by atoms with E-state index in [1.54, 1.807) is 4.90 Å². The molecule has 4 rings (SSSR count). The van der Waals surface area contributed by atoms with Crippen LogP contribution < -0.4 is 5.31 Å². The van der Waals surface area contributed by atoms with E-state index in [1.165, 1.54) is 0 Å². The quantitative estimate of drug-likeness (QED) is 0.631. The SMILES string of the molecule is [2H]c1nc(N([2H])C2([2H])CCN(C([2H])c3c([2H])cc(F)c(Cl)c3[2H])CC2)c2c([2H])c(Cl)sc2n1. The largest absolute Gasteiger partial charge is 0.367 e. The Hall–Kier alpha value is -1.47. The topological polar surface area (TPSA) is 41.1 Å². The van der Waals surface area contributed by atoms with Gasteiger partial charge in [-0.2, -0.15) is 0 Å². The number of likely N-dealkylation sites (tertiary alicyclic amines) is 1. The summed E-state index contributed by atoms with van der Waals surface area (Å²) in [7, 11) is 0. The molecule has 1 atom stereocenters. The number of nitrogens with zero attached hydrogens (tertiary/aromatic N) is 3. The second-order valence-electron chi connectivity index (χ2n) is 5.66. The van der Waals surface area contributed by atoms with Gasteiger partial charge in [0, 0.05) is 27.0 Å². The van der Waals surface area contributed by atoms with E-state index in [9.17, 15) is 4.39 Å². The minimum atomic E-state index is -1.47. The lowest BCUT2D eigenvalue weighted by Gasteiger charge is -2.32. The molecular weight excluding hydrogens is 394 g/mol. The molecule has 2 aromatic heterocycles. The lowest BCUT2D eigenvalue weighted by Crippen LogP contribution is -2.38. The number of nitrogens with one attached hydrogen (secondary N) is 1. The highest BCUT2D eigenvalue weighted by Gasteiger charge is 2.21. The van der Waals surface area contributed by atoms with E-state index in [4.69, 9.17) is 32.8 Å². The molecule has 0 radical (unpaired) electrons. The van der Waals surface area contributed by atoms with Gasteiger partial charge in [-0.1, -0.05) is 29.2 Å². The van der Waals surface area contributed by atoms with Crippen molar-refractivity contribution in [2.75, 3.05) is 18.4 Å². The molecule has 3 heterocycles. The standard InChI is InChI=1S/C18H17Cl2FN4S/c19-14-7-11(1-2-15(14)21)9-25-5-3-12(4-6-25)24-17-13-8-16(20)26-18(13)23-10-22-17/h1-2,7-8,10,12H,3-6,9H2,(H,22,23,24)/i1D,7D,8D,9D,10D,12D/hD. The van der Waals surface area contributed by atoms with Crippen molar-refractivity contribution >= 4 is 50.6 Å². The molecular formula is C18H17Cl2FN4S. The van der Waals surface area contributed by atoms with Crippen LogP contribution >= 0.6 is 34.5 Å². The number of fused-ring (bicyclic) bond motifs is 1. The Bertz CT molecular complexity index is 1240. The van der Waals surface area contributed by atoms with Gasteiger partial charge in [0.05, 0.1) is 20.2 Å². The summed E-state index contributed by atoms with van der Waals surface area (Å²) < 4.78 is 71.9. The van der Waals surface area contributed by atoms with Crippen molar-refractivity contribution in [3.63, 3.8) is 0 Å². The van der Waals surface area contributed by atoms with Crippen molar-refractivity contribution in [3.05, 3.63) is 51.2 Å². The Labute approximate surface area is 174 Å². The van der Waals surface area contributed by atoms with E-state index in [2.05, 4.69) is 9.97 Å². The van der Waals surface area contributed by atoms with E-state index < -0.39 is 29.4 Å². The number of piperidine rings is 1. The third-order valence-electron chi connectivity index (χ3n) is 3.91. The van der Waals surface area contributed by atoms with Crippen LogP contribution in [0.15, 0.2) is 30.5 Å². The number of aromatic nitrogens is 2. The summed E-state index contributed by atoms with van der Waals surface area (Å²) in [5.74, 6) is -0.931.